The molecule has 17 heavy (non-hydrogen) atoms. The van der Waals surface area contributed by atoms with Crippen molar-refractivity contribution in [3.63, 3.8) is 0 Å². The van der Waals surface area contributed by atoms with Crippen LogP contribution in [0.5, 0.6) is 0 Å². The number of aliphatic hydroxyl groups excluding tert-OH is 2. The summed E-state index contributed by atoms with van der Waals surface area (Å²) >= 11 is 0. The van der Waals surface area contributed by atoms with Crippen molar-refractivity contribution >= 4 is 23.9 Å². The third-order valence-electron chi connectivity index (χ3n) is 1.34. The number of carbonyl (C=O) groups is 1. The molecule has 2 amide bonds. The number of hydrogen-bond acceptors (Lipinski definition) is 9. The molecule has 0 atom stereocenters. The zero-order chi connectivity index (χ0) is 13.4. The van der Waals surface area contributed by atoms with Crippen LogP contribution in [0.4, 0.5) is 22.6 Å². The van der Waals surface area contributed by atoms with Gasteiger partial charge in [0.25, 0.3) is 0 Å². The maximum absolute atomic E-state index is 9.99. The predicted molar refractivity (Wildman–Crippen MR) is 58.7 cm³/mol. The Hall–Kier alpha value is -2.40. The number of primary amides is 1. The van der Waals surface area contributed by atoms with Gasteiger partial charge in [-0.15, -0.1) is 0 Å². The van der Waals surface area contributed by atoms with Gasteiger partial charge in [-0.1, -0.05) is 0 Å². The average Bonchev–Trinajstić information content (AvgIpc) is 2.17. The molecular formula is C6H14N8O3. The molecular weight excluding hydrogens is 232 g/mol. The van der Waals surface area contributed by atoms with E-state index in [1.807, 2.05) is 0 Å². The lowest BCUT2D eigenvalue weighted by Gasteiger charge is -2.11. The molecule has 0 saturated heterocycles. The van der Waals surface area contributed by atoms with E-state index in [1.165, 1.54) is 0 Å². The number of nitrogens with zero attached hydrogens (tertiary/aromatic N) is 4. The highest BCUT2D eigenvalue weighted by molar-refractivity contribution is 5.71. The molecule has 0 radical (unpaired) electrons. The number of rotatable bonds is 2. The van der Waals surface area contributed by atoms with Gasteiger partial charge in [-0.2, -0.15) is 15.0 Å². The summed E-state index contributed by atoms with van der Waals surface area (Å²) in [6.07, 6.45) is 0. The molecule has 10 N–H and O–H groups in total. The second-order valence-electron chi connectivity index (χ2n) is 2.57. The maximum atomic E-state index is 9.99. The van der Waals surface area contributed by atoms with Crippen LogP contribution in [0.1, 0.15) is 0 Å². The Bertz CT molecular complexity index is 318. The standard InChI is InChI=1S/C3H6N6.C3H8N2O3/c4-1-7-2(5)9-3(6)8-1;4-3(8)5(1-6)2-7/h(H6,4,5,6,7,8,9);6-7H,1-2H2,(H2,4,8). The Morgan fingerprint density at radius 1 is 1.00 bits per heavy atom. The van der Waals surface area contributed by atoms with Crippen LogP contribution in [0, 0.1) is 0 Å². The molecule has 96 valence electrons. The third kappa shape index (κ3) is 5.91. The number of nitrogen functional groups attached to an aromatic ring is 3. The van der Waals surface area contributed by atoms with Crippen molar-refractivity contribution in [3.05, 3.63) is 0 Å². The molecule has 0 unspecified atom stereocenters. The van der Waals surface area contributed by atoms with Crippen molar-refractivity contribution in [2.45, 2.75) is 0 Å². The van der Waals surface area contributed by atoms with E-state index in [1.54, 1.807) is 0 Å². The Labute approximate surface area is 96.1 Å². The first-order chi connectivity index (χ1) is 7.90. The first-order valence-corrected chi connectivity index (χ1v) is 4.19. The summed E-state index contributed by atoms with van der Waals surface area (Å²) < 4.78 is 0. The van der Waals surface area contributed by atoms with E-state index in [0.29, 0.717) is 4.90 Å². The number of urea groups is 1. The van der Waals surface area contributed by atoms with Gasteiger partial charge in [-0.05, 0) is 0 Å². The lowest BCUT2D eigenvalue weighted by molar-refractivity contribution is 0.0608. The molecule has 0 aliphatic carbocycles. The molecule has 0 aliphatic heterocycles. The smallest absolute Gasteiger partial charge is 0.318 e. The van der Waals surface area contributed by atoms with Crippen LogP contribution in [-0.2, 0) is 0 Å². The second-order valence-corrected chi connectivity index (χ2v) is 2.57. The van der Waals surface area contributed by atoms with E-state index < -0.39 is 19.5 Å². The Balaban J connectivity index is 0.000000304. The number of aliphatic hydroxyl groups is 2. The summed E-state index contributed by atoms with van der Waals surface area (Å²) in [5, 5.41) is 16.3. The van der Waals surface area contributed by atoms with Gasteiger partial charge >= 0.3 is 6.03 Å². The SMILES string of the molecule is NC(=O)N(CO)CO.Nc1nc(N)nc(N)n1. The van der Waals surface area contributed by atoms with Crippen LogP contribution < -0.4 is 22.9 Å². The minimum absolute atomic E-state index is 0.0417. The van der Waals surface area contributed by atoms with Gasteiger partial charge in [0.1, 0.15) is 13.5 Å². The van der Waals surface area contributed by atoms with Gasteiger partial charge in [-0.3, -0.25) is 4.90 Å². The van der Waals surface area contributed by atoms with Gasteiger partial charge in [0, 0.05) is 0 Å². The van der Waals surface area contributed by atoms with E-state index >= 15 is 0 Å². The van der Waals surface area contributed by atoms with Crippen molar-refractivity contribution in [1.82, 2.24) is 19.9 Å². The zero-order valence-electron chi connectivity index (χ0n) is 8.82. The lowest BCUT2D eigenvalue weighted by Crippen LogP contribution is -2.36. The molecule has 0 aliphatic rings. The van der Waals surface area contributed by atoms with Crippen molar-refractivity contribution in [3.8, 4) is 0 Å². The highest BCUT2D eigenvalue weighted by atomic mass is 16.3. The number of nitrogens with two attached hydrogens (primary N) is 4. The number of carbonyl (C=O) groups excluding carboxylic acids is 1. The maximum Gasteiger partial charge on any atom is 0.318 e. The molecule has 1 rings (SSSR count). The summed E-state index contributed by atoms with van der Waals surface area (Å²) in [5.41, 5.74) is 20.0. The largest absolute Gasteiger partial charge is 0.376 e. The van der Waals surface area contributed by atoms with Crippen LogP contribution in [-0.4, -0.2) is 49.6 Å². The van der Waals surface area contributed by atoms with E-state index in [9.17, 15) is 4.79 Å². The molecule has 0 aromatic carbocycles. The summed E-state index contributed by atoms with van der Waals surface area (Å²) in [6.45, 7) is -1.10. The highest BCUT2D eigenvalue weighted by Gasteiger charge is 2.02. The van der Waals surface area contributed by atoms with Gasteiger partial charge in [-0.25, -0.2) is 4.79 Å². The summed E-state index contributed by atoms with van der Waals surface area (Å²) in [4.78, 5) is 21.1. The van der Waals surface area contributed by atoms with Crippen LogP contribution >= 0.6 is 0 Å². The highest BCUT2D eigenvalue weighted by Crippen LogP contribution is 1.97. The van der Waals surface area contributed by atoms with E-state index in [-0.39, 0.29) is 17.8 Å². The number of anilines is 3. The van der Waals surface area contributed by atoms with Crippen molar-refractivity contribution < 1.29 is 15.0 Å². The fourth-order valence-corrected chi connectivity index (χ4v) is 0.611. The minimum Gasteiger partial charge on any atom is -0.376 e. The van der Waals surface area contributed by atoms with Gasteiger partial charge < -0.3 is 33.1 Å². The first-order valence-electron chi connectivity index (χ1n) is 4.19. The van der Waals surface area contributed by atoms with Gasteiger partial charge in [0.2, 0.25) is 17.8 Å². The van der Waals surface area contributed by atoms with Gasteiger partial charge in [0.15, 0.2) is 0 Å². The van der Waals surface area contributed by atoms with Crippen molar-refractivity contribution in [2.75, 3.05) is 30.7 Å². The molecule has 0 bridgehead atoms. The number of amides is 2. The summed E-state index contributed by atoms with van der Waals surface area (Å²) in [5.74, 6) is 0.125. The zero-order valence-corrected chi connectivity index (χ0v) is 8.82. The van der Waals surface area contributed by atoms with E-state index in [2.05, 4.69) is 20.7 Å². The van der Waals surface area contributed by atoms with Crippen molar-refractivity contribution in [1.29, 1.82) is 0 Å². The Kier molecular flexibility index (Phi) is 5.99. The molecule has 11 heteroatoms. The Morgan fingerprint density at radius 2 is 1.29 bits per heavy atom. The fourth-order valence-electron chi connectivity index (χ4n) is 0.611. The monoisotopic (exact) mass is 246 g/mol. The second kappa shape index (κ2) is 6.97. The molecule has 1 aromatic heterocycles. The molecule has 11 nitrogen and oxygen atoms in total. The average molecular weight is 246 g/mol. The van der Waals surface area contributed by atoms with Crippen LogP contribution in [0.15, 0.2) is 0 Å². The fraction of sp³-hybridized carbons (Fsp3) is 0.333. The van der Waals surface area contributed by atoms with Crippen LogP contribution in [0.2, 0.25) is 0 Å². The Morgan fingerprint density at radius 3 is 1.41 bits per heavy atom. The first kappa shape index (κ1) is 14.6. The molecule has 1 aromatic rings. The van der Waals surface area contributed by atoms with Gasteiger partial charge in [0.05, 0.1) is 0 Å². The molecule has 1 heterocycles. The van der Waals surface area contributed by atoms with Crippen molar-refractivity contribution in [2.24, 2.45) is 5.73 Å². The van der Waals surface area contributed by atoms with Crippen LogP contribution in [0.25, 0.3) is 0 Å². The quantitative estimate of drug-likeness (QED) is 0.291. The predicted octanol–water partition coefficient (Wildman–Crippen LogP) is -3.12. The topological polar surface area (TPSA) is 204 Å². The number of aromatic nitrogens is 3. The normalized spacial score (nSPS) is 9.06. The number of hydrogen-bond donors (Lipinski definition) is 6. The summed E-state index contributed by atoms with van der Waals surface area (Å²) in [6, 6.07) is -0.838. The molecule has 0 saturated carbocycles. The molecule has 0 spiro atoms. The summed E-state index contributed by atoms with van der Waals surface area (Å²) in [7, 11) is 0. The minimum atomic E-state index is -0.838. The van der Waals surface area contributed by atoms with E-state index in [4.69, 9.17) is 27.4 Å². The van der Waals surface area contributed by atoms with E-state index in [0.717, 1.165) is 0 Å². The lowest BCUT2D eigenvalue weighted by atomic mass is 10.8. The van der Waals surface area contributed by atoms with Crippen LogP contribution in [0.3, 0.4) is 0 Å². The third-order valence-corrected chi connectivity index (χ3v) is 1.34. The molecule has 0 fully saturated rings.